The molecule has 2 fully saturated rings. The van der Waals surface area contributed by atoms with Crippen molar-refractivity contribution in [3.63, 3.8) is 0 Å². The molecule has 38 heavy (non-hydrogen) atoms. The summed E-state index contributed by atoms with van der Waals surface area (Å²) in [6, 6.07) is 5.62. The Morgan fingerprint density at radius 1 is 1.24 bits per heavy atom. The minimum atomic E-state index is -0.733. The first-order valence-corrected chi connectivity index (χ1v) is 14.5. The second-order valence-corrected chi connectivity index (χ2v) is 11.9. The zero-order chi connectivity index (χ0) is 27.0. The monoisotopic (exact) mass is 560 g/mol. The number of nitrogens with zero attached hydrogens (tertiary/aromatic N) is 3. The van der Waals surface area contributed by atoms with Gasteiger partial charge in [-0.3, -0.25) is 4.79 Å². The lowest BCUT2D eigenvalue weighted by molar-refractivity contribution is -0.116. The molecule has 1 aromatic carbocycles. The highest BCUT2D eigenvalue weighted by Crippen LogP contribution is 2.37. The minimum Gasteiger partial charge on any atom is -0.449 e. The number of carbonyl (C=O) groups is 2. The van der Waals surface area contributed by atoms with Crippen LogP contribution in [-0.2, 0) is 9.53 Å². The Morgan fingerprint density at radius 2 is 2.00 bits per heavy atom. The minimum absolute atomic E-state index is 0.00838. The van der Waals surface area contributed by atoms with E-state index in [1.54, 1.807) is 12.4 Å². The van der Waals surface area contributed by atoms with Crippen molar-refractivity contribution in [2.24, 2.45) is 17.1 Å². The highest BCUT2D eigenvalue weighted by molar-refractivity contribution is 7.99. The molecule has 11 heteroatoms. The maximum absolute atomic E-state index is 12.5. The molecule has 0 bridgehead atoms. The van der Waals surface area contributed by atoms with Gasteiger partial charge in [0.25, 0.3) is 0 Å². The van der Waals surface area contributed by atoms with E-state index in [2.05, 4.69) is 32.4 Å². The first kappa shape index (κ1) is 28.4. The fourth-order valence-corrected chi connectivity index (χ4v) is 6.00. The number of halogens is 1. The Hall–Kier alpha value is -2.56. The van der Waals surface area contributed by atoms with Crippen LogP contribution < -0.4 is 21.3 Å². The lowest BCUT2D eigenvalue weighted by Crippen LogP contribution is -2.42. The highest BCUT2D eigenvalue weighted by Gasteiger charge is 2.32. The number of nitrogens with two attached hydrogens (primary N) is 1. The third kappa shape index (κ3) is 8.22. The average Bonchev–Trinajstić information content (AvgIpc) is 2.91. The van der Waals surface area contributed by atoms with E-state index in [0.29, 0.717) is 23.7 Å². The molecule has 0 atom stereocenters. The summed E-state index contributed by atoms with van der Waals surface area (Å²) in [6.45, 7) is 6.19. The average molecular weight is 561 g/mol. The topological polar surface area (TPSA) is 122 Å². The van der Waals surface area contributed by atoms with Gasteiger partial charge in [0, 0.05) is 29.8 Å². The fourth-order valence-electron chi connectivity index (χ4n) is 4.92. The number of nitrogens with one attached hydrogen (secondary N) is 2. The standard InChI is InChI=1S/C27H37ClN6O3S/c1-27(18-37-26(29)36)10-14-34(15-11-27)22-16-32-24(17-31-22)38-21-6-3-5-20(25(21)28)33-23(35)7-2-4-19-8-12-30-13-9-19/h3,5-6,16-17,19,30H,2,4,7-15,18H2,1H3,(H2,29,36)(H,33,35). The molecular formula is C27H37ClN6O3S. The maximum Gasteiger partial charge on any atom is 0.404 e. The molecular weight excluding hydrogens is 524 g/mol. The zero-order valence-corrected chi connectivity index (χ0v) is 23.5. The molecule has 4 N–H and O–H groups in total. The molecule has 9 nitrogen and oxygen atoms in total. The first-order chi connectivity index (χ1) is 18.3. The third-order valence-corrected chi connectivity index (χ3v) is 8.90. The van der Waals surface area contributed by atoms with Gasteiger partial charge < -0.3 is 26.0 Å². The molecule has 3 heterocycles. The van der Waals surface area contributed by atoms with Crippen LogP contribution in [-0.4, -0.2) is 54.8 Å². The van der Waals surface area contributed by atoms with Gasteiger partial charge in [0.15, 0.2) is 0 Å². The van der Waals surface area contributed by atoms with Crippen molar-refractivity contribution in [2.45, 2.75) is 61.8 Å². The maximum atomic E-state index is 12.5. The molecule has 0 radical (unpaired) electrons. The summed E-state index contributed by atoms with van der Waals surface area (Å²) in [5, 5.41) is 7.58. The van der Waals surface area contributed by atoms with Crippen LogP contribution >= 0.6 is 23.4 Å². The zero-order valence-electron chi connectivity index (χ0n) is 21.9. The molecule has 2 aliphatic heterocycles. The van der Waals surface area contributed by atoms with Crippen molar-refractivity contribution >= 4 is 46.9 Å². The van der Waals surface area contributed by atoms with E-state index >= 15 is 0 Å². The molecule has 1 aromatic heterocycles. The summed E-state index contributed by atoms with van der Waals surface area (Å²) < 4.78 is 5.03. The fraction of sp³-hybridized carbons (Fsp3) is 0.556. The van der Waals surface area contributed by atoms with Crippen molar-refractivity contribution in [1.29, 1.82) is 0 Å². The summed E-state index contributed by atoms with van der Waals surface area (Å²) in [7, 11) is 0. The van der Waals surface area contributed by atoms with Gasteiger partial charge in [-0.1, -0.05) is 36.4 Å². The van der Waals surface area contributed by atoms with Gasteiger partial charge in [-0.2, -0.15) is 0 Å². The van der Waals surface area contributed by atoms with Crippen LogP contribution in [0.1, 0.15) is 51.9 Å². The number of ether oxygens (including phenoxy) is 1. The predicted molar refractivity (Wildman–Crippen MR) is 151 cm³/mol. The summed E-state index contributed by atoms with van der Waals surface area (Å²) in [4.78, 5) is 35.7. The number of hydrogen-bond acceptors (Lipinski definition) is 8. The van der Waals surface area contributed by atoms with Crippen molar-refractivity contribution in [3.8, 4) is 0 Å². The third-order valence-electron chi connectivity index (χ3n) is 7.40. The number of benzene rings is 1. The van der Waals surface area contributed by atoms with E-state index in [1.807, 2.05) is 18.2 Å². The van der Waals surface area contributed by atoms with Gasteiger partial charge in [0.2, 0.25) is 5.91 Å². The molecule has 2 aromatic rings. The van der Waals surface area contributed by atoms with E-state index < -0.39 is 6.09 Å². The molecule has 2 aliphatic rings. The first-order valence-electron chi connectivity index (χ1n) is 13.3. The number of primary amides is 1. The highest BCUT2D eigenvalue weighted by atomic mass is 35.5. The van der Waals surface area contributed by atoms with Crippen LogP contribution in [0.4, 0.5) is 16.3 Å². The summed E-state index contributed by atoms with van der Waals surface area (Å²) in [5.74, 6) is 1.52. The number of hydrogen-bond donors (Lipinski definition) is 3. The lowest BCUT2D eigenvalue weighted by atomic mass is 9.81. The molecule has 2 saturated heterocycles. The Kier molecular flexibility index (Phi) is 10.1. The van der Waals surface area contributed by atoms with Crippen molar-refractivity contribution in [2.75, 3.05) is 43.0 Å². The molecule has 206 valence electrons. The predicted octanol–water partition coefficient (Wildman–Crippen LogP) is 5.09. The van der Waals surface area contributed by atoms with Crippen LogP contribution in [0, 0.1) is 11.3 Å². The van der Waals surface area contributed by atoms with Crippen LogP contribution in [0.3, 0.4) is 0 Å². The normalized spacial score (nSPS) is 17.7. The van der Waals surface area contributed by atoms with E-state index in [4.69, 9.17) is 22.1 Å². The number of piperidine rings is 2. The van der Waals surface area contributed by atoms with Gasteiger partial charge in [0.1, 0.15) is 10.8 Å². The number of amides is 2. The summed E-state index contributed by atoms with van der Waals surface area (Å²) >= 11 is 8.06. The van der Waals surface area contributed by atoms with Gasteiger partial charge in [0.05, 0.1) is 29.7 Å². The number of aromatic nitrogens is 2. The number of carbonyl (C=O) groups excluding carboxylic acids is 2. The Bertz CT molecular complexity index is 1090. The SMILES string of the molecule is CC1(COC(N)=O)CCN(c2cnc(Sc3cccc(NC(=O)CCCC4CCNCC4)c3Cl)cn2)CC1. The molecule has 2 amide bonds. The number of anilines is 2. The molecule has 0 spiro atoms. The summed E-state index contributed by atoms with van der Waals surface area (Å²) in [5.41, 5.74) is 5.65. The van der Waals surface area contributed by atoms with E-state index in [-0.39, 0.29) is 11.3 Å². The largest absolute Gasteiger partial charge is 0.449 e. The van der Waals surface area contributed by atoms with Crippen molar-refractivity contribution < 1.29 is 14.3 Å². The van der Waals surface area contributed by atoms with Gasteiger partial charge in [-0.25, -0.2) is 14.8 Å². The number of rotatable bonds is 10. The smallest absolute Gasteiger partial charge is 0.404 e. The second-order valence-electron chi connectivity index (χ2n) is 10.5. The van der Waals surface area contributed by atoms with Crippen molar-refractivity contribution in [3.05, 3.63) is 35.6 Å². The van der Waals surface area contributed by atoms with E-state index in [0.717, 1.165) is 73.5 Å². The van der Waals surface area contributed by atoms with E-state index in [1.165, 1.54) is 24.6 Å². The lowest BCUT2D eigenvalue weighted by Gasteiger charge is -2.39. The van der Waals surface area contributed by atoms with Crippen LogP contribution in [0.25, 0.3) is 0 Å². The van der Waals surface area contributed by atoms with Crippen LogP contribution in [0.5, 0.6) is 0 Å². The molecule has 0 unspecified atom stereocenters. The quantitative estimate of drug-likeness (QED) is 0.367. The van der Waals surface area contributed by atoms with Crippen LogP contribution in [0.2, 0.25) is 5.02 Å². The van der Waals surface area contributed by atoms with Gasteiger partial charge in [-0.05, 0) is 69.7 Å². The Labute approximate surface area is 233 Å². The van der Waals surface area contributed by atoms with Crippen molar-refractivity contribution in [1.82, 2.24) is 15.3 Å². The molecule has 0 aliphatic carbocycles. The summed E-state index contributed by atoms with van der Waals surface area (Å²) in [6.07, 6.45) is 9.38. The second kappa shape index (κ2) is 13.5. The Balaban J connectivity index is 1.27. The molecule has 0 saturated carbocycles. The molecule has 4 rings (SSSR count). The Morgan fingerprint density at radius 3 is 2.68 bits per heavy atom. The van der Waals surface area contributed by atoms with Gasteiger partial charge >= 0.3 is 6.09 Å². The van der Waals surface area contributed by atoms with Crippen LogP contribution in [0.15, 0.2) is 40.5 Å². The van der Waals surface area contributed by atoms with E-state index in [9.17, 15) is 9.59 Å². The van der Waals surface area contributed by atoms with Gasteiger partial charge in [-0.15, -0.1) is 0 Å².